The van der Waals surface area contributed by atoms with Crippen LogP contribution in [0.2, 0.25) is 10.2 Å². The van der Waals surface area contributed by atoms with Crippen molar-refractivity contribution in [2.45, 2.75) is 6.54 Å². The third-order valence-electron chi connectivity index (χ3n) is 2.66. The molecule has 0 fully saturated rings. The van der Waals surface area contributed by atoms with Crippen molar-refractivity contribution >= 4 is 35.3 Å². The summed E-state index contributed by atoms with van der Waals surface area (Å²) in [6.45, 7) is 0.522. The Hall–Kier alpha value is -1.65. The highest BCUT2D eigenvalue weighted by Crippen LogP contribution is 2.23. The number of aldehydes is 1. The van der Waals surface area contributed by atoms with Crippen LogP contribution in [0.5, 0.6) is 0 Å². The standard InChI is InChI=1S/C13H11Cl2N3O/c1-18(6-9-4-2-3-5-11(9)14)13-10(7-19)12(15)16-8-17-13/h2-5,7-8H,6H2,1H3. The summed E-state index contributed by atoms with van der Waals surface area (Å²) in [5.74, 6) is 0.481. The van der Waals surface area contributed by atoms with E-state index < -0.39 is 0 Å². The van der Waals surface area contributed by atoms with E-state index in [1.807, 2.05) is 31.3 Å². The van der Waals surface area contributed by atoms with E-state index in [2.05, 4.69) is 9.97 Å². The largest absolute Gasteiger partial charge is 0.355 e. The average molecular weight is 296 g/mol. The highest BCUT2D eigenvalue weighted by molar-refractivity contribution is 6.32. The molecular weight excluding hydrogens is 285 g/mol. The molecule has 0 radical (unpaired) electrons. The molecule has 6 heteroatoms. The van der Waals surface area contributed by atoms with E-state index >= 15 is 0 Å². The molecule has 0 aliphatic heterocycles. The van der Waals surface area contributed by atoms with E-state index in [1.54, 1.807) is 4.90 Å². The van der Waals surface area contributed by atoms with Gasteiger partial charge in [0.05, 0.1) is 5.56 Å². The molecule has 0 saturated carbocycles. The lowest BCUT2D eigenvalue weighted by molar-refractivity contribution is 0.112. The second-order valence-electron chi connectivity index (χ2n) is 3.97. The number of aromatic nitrogens is 2. The van der Waals surface area contributed by atoms with E-state index in [0.29, 0.717) is 23.7 Å². The summed E-state index contributed by atoms with van der Waals surface area (Å²) in [5, 5.41) is 0.813. The molecule has 0 aliphatic rings. The number of benzene rings is 1. The van der Waals surface area contributed by atoms with Crippen LogP contribution in [-0.2, 0) is 6.54 Å². The Labute approximate surface area is 121 Å². The van der Waals surface area contributed by atoms with Crippen LogP contribution in [0.25, 0.3) is 0 Å². The van der Waals surface area contributed by atoms with E-state index in [-0.39, 0.29) is 10.7 Å². The van der Waals surface area contributed by atoms with Crippen LogP contribution < -0.4 is 4.90 Å². The number of rotatable bonds is 4. The van der Waals surface area contributed by atoms with Crippen molar-refractivity contribution in [2.75, 3.05) is 11.9 Å². The van der Waals surface area contributed by atoms with Crippen molar-refractivity contribution in [1.82, 2.24) is 9.97 Å². The number of nitrogens with zero attached hydrogens (tertiary/aromatic N) is 3. The van der Waals surface area contributed by atoms with Gasteiger partial charge in [0.25, 0.3) is 0 Å². The SMILES string of the molecule is CN(Cc1ccccc1Cl)c1ncnc(Cl)c1C=O. The Balaban J connectivity index is 2.30. The van der Waals surface area contributed by atoms with Gasteiger partial charge in [-0.1, -0.05) is 41.4 Å². The molecule has 1 heterocycles. The fourth-order valence-corrected chi connectivity index (χ4v) is 2.10. The third kappa shape index (κ3) is 3.03. The third-order valence-corrected chi connectivity index (χ3v) is 3.33. The summed E-state index contributed by atoms with van der Waals surface area (Å²) < 4.78 is 0. The van der Waals surface area contributed by atoms with E-state index in [0.717, 1.165) is 5.56 Å². The van der Waals surface area contributed by atoms with E-state index in [4.69, 9.17) is 23.2 Å². The van der Waals surface area contributed by atoms with Crippen LogP contribution in [0.15, 0.2) is 30.6 Å². The van der Waals surface area contributed by atoms with E-state index in [1.165, 1.54) is 6.33 Å². The van der Waals surface area contributed by atoms with Crippen molar-refractivity contribution in [3.05, 3.63) is 51.9 Å². The van der Waals surface area contributed by atoms with Gasteiger partial charge < -0.3 is 4.90 Å². The number of hydrogen-bond acceptors (Lipinski definition) is 4. The maximum Gasteiger partial charge on any atom is 0.156 e. The molecule has 2 rings (SSSR count). The van der Waals surface area contributed by atoms with Gasteiger partial charge in [0.15, 0.2) is 6.29 Å². The summed E-state index contributed by atoms with van der Waals surface area (Å²) in [6.07, 6.45) is 1.98. The van der Waals surface area contributed by atoms with Crippen molar-refractivity contribution in [2.24, 2.45) is 0 Å². The molecule has 98 valence electrons. The van der Waals surface area contributed by atoms with Gasteiger partial charge in [-0.3, -0.25) is 4.79 Å². The second-order valence-corrected chi connectivity index (χ2v) is 4.73. The van der Waals surface area contributed by atoms with Crippen LogP contribution in [0, 0.1) is 0 Å². The van der Waals surface area contributed by atoms with Gasteiger partial charge in [0, 0.05) is 18.6 Å². The molecule has 0 saturated heterocycles. The molecule has 0 spiro atoms. The van der Waals surface area contributed by atoms with Gasteiger partial charge in [-0.15, -0.1) is 0 Å². The van der Waals surface area contributed by atoms with Crippen LogP contribution in [0.4, 0.5) is 5.82 Å². The minimum atomic E-state index is 0.144. The molecule has 0 atom stereocenters. The van der Waals surface area contributed by atoms with Crippen LogP contribution in [0.3, 0.4) is 0 Å². The smallest absolute Gasteiger partial charge is 0.156 e. The normalized spacial score (nSPS) is 10.3. The van der Waals surface area contributed by atoms with Crippen LogP contribution in [0.1, 0.15) is 15.9 Å². The Kier molecular flexibility index (Phi) is 4.35. The quantitative estimate of drug-likeness (QED) is 0.642. The maximum absolute atomic E-state index is 11.1. The first kappa shape index (κ1) is 13.8. The number of halogens is 2. The molecule has 0 unspecified atom stereocenters. The highest BCUT2D eigenvalue weighted by Gasteiger charge is 2.14. The molecule has 0 aliphatic carbocycles. The summed E-state index contributed by atoms with van der Waals surface area (Å²) in [5.41, 5.74) is 1.22. The zero-order valence-corrected chi connectivity index (χ0v) is 11.7. The van der Waals surface area contributed by atoms with Crippen LogP contribution in [-0.4, -0.2) is 23.3 Å². The van der Waals surface area contributed by atoms with Gasteiger partial charge in [0.1, 0.15) is 17.3 Å². The predicted molar refractivity (Wildman–Crippen MR) is 76.0 cm³/mol. The molecule has 1 aromatic carbocycles. The minimum absolute atomic E-state index is 0.144. The minimum Gasteiger partial charge on any atom is -0.355 e. The first-order chi connectivity index (χ1) is 9.13. The van der Waals surface area contributed by atoms with Gasteiger partial charge >= 0.3 is 0 Å². The Bertz CT molecular complexity index is 604. The summed E-state index contributed by atoms with van der Waals surface area (Å²) in [6, 6.07) is 7.51. The Morgan fingerprint density at radius 2 is 2.00 bits per heavy atom. The molecule has 0 N–H and O–H groups in total. The highest BCUT2D eigenvalue weighted by atomic mass is 35.5. The molecule has 0 amide bonds. The number of carbonyl (C=O) groups excluding carboxylic acids is 1. The lowest BCUT2D eigenvalue weighted by Crippen LogP contribution is -2.20. The number of hydrogen-bond donors (Lipinski definition) is 0. The summed E-state index contributed by atoms with van der Waals surface area (Å²) >= 11 is 12.0. The fraction of sp³-hybridized carbons (Fsp3) is 0.154. The lowest BCUT2D eigenvalue weighted by atomic mass is 10.2. The van der Waals surface area contributed by atoms with Crippen molar-refractivity contribution in [1.29, 1.82) is 0 Å². The number of anilines is 1. The fourth-order valence-electron chi connectivity index (χ4n) is 1.73. The lowest BCUT2D eigenvalue weighted by Gasteiger charge is -2.20. The predicted octanol–water partition coefficient (Wildman–Crippen LogP) is 3.23. The summed E-state index contributed by atoms with van der Waals surface area (Å²) in [7, 11) is 1.81. The molecule has 0 bridgehead atoms. The molecule has 19 heavy (non-hydrogen) atoms. The van der Waals surface area contributed by atoms with E-state index in [9.17, 15) is 4.79 Å². The van der Waals surface area contributed by atoms with Crippen molar-refractivity contribution in [3.63, 3.8) is 0 Å². The Morgan fingerprint density at radius 3 is 2.68 bits per heavy atom. The van der Waals surface area contributed by atoms with Gasteiger partial charge in [-0.05, 0) is 11.6 Å². The zero-order chi connectivity index (χ0) is 13.8. The van der Waals surface area contributed by atoms with Crippen molar-refractivity contribution in [3.8, 4) is 0 Å². The molecule has 2 aromatic rings. The molecular formula is C13H11Cl2N3O. The zero-order valence-electron chi connectivity index (χ0n) is 10.2. The maximum atomic E-state index is 11.1. The summed E-state index contributed by atoms with van der Waals surface area (Å²) in [4.78, 5) is 20.7. The first-order valence-corrected chi connectivity index (χ1v) is 6.29. The molecule has 1 aromatic heterocycles. The Morgan fingerprint density at radius 1 is 1.26 bits per heavy atom. The first-order valence-electron chi connectivity index (χ1n) is 5.53. The van der Waals surface area contributed by atoms with Gasteiger partial charge in [-0.2, -0.15) is 0 Å². The number of carbonyl (C=O) groups is 1. The van der Waals surface area contributed by atoms with Gasteiger partial charge in [-0.25, -0.2) is 9.97 Å². The molecule has 4 nitrogen and oxygen atoms in total. The monoisotopic (exact) mass is 295 g/mol. The van der Waals surface area contributed by atoms with Crippen LogP contribution >= 0.6 is 23.2 Å². The van der Waals surface area contributed by atoms with Gasteiger partial charge in [0.2, 0.25) is 0 Å². The topological polar surface area (TPSA) is 46.1 Å². The van der Waals surface area contributed by atoms with Crippen molar-refractivity contribution < 1.29 is 4.79 Å². The average Bonchev–Trinajstić information content (AvgIpc) is 2.41. The second kappa shape index (κ2) is 5.99.